The Bertz CT molecular complexity index is 361. The van der Waals surface area contributed by atoms with E-state index in [2.05, 4.69) is 0 Å². The summed E-state index contributed by atoms with van der Waals surface area (Å²) in [4.78, 5) is 13.5. The summed E-state index contributed by atoms with van der Waals surface area (Å²) in [6.45, 7) is 6.48. The lowest BCUT2D eigenvalue weighted by Crippen LogP contribution is -2.38. The molecule has 1 aliphatic heterocycles. The first-order valence-electron chi connectivity index (χ1n) is 5.95. The molecule has 1 heterocycles. The molecule has 2 unspecified atom stereocenters. The first-order chi connectivity index (χ1) is 7.78. The molecule has 96 valence electrons. The van der Waals surface area contributed by atoms with Gasteiger partial charge in [0.15, 0.2) is 0 Å². The van der Waals surface area contributed by atoms with Crippen molar-refractivity contribution >= 4 is 11.8 Å². The number of hydrogen-bond donors (Lipinski definition) is 2. The molecule has 0 aromatic carbocycles. The minimum absolute atomic E-state index is 0.210. The molecule has 2 atom stereocenters. The van der Waals surface area contributed by atoms with Crippen LogP contribution in [0.15, 0.2) is 0 Å². The number of nitrogens with zero attached hydrogens (tertiary/aromatic N) is 1. The molecule has 1 aliphatic carbocycles. The molecule has 1 saturated carbocycles. The monoisotopic (exact) mass is 240 g/mol. The number of hydrogen-bond acceptors (Lipinski definition) is 4. The fourth-order valence-corrected chi connectivity index (χ4v) is 2.57. The summed E-state index contributed by atoms with van der Waals surface area (Å²) >= 11 is 0. The van der Waals surface area contributed by atoms with Crippen LogP contribution in [0.25, 0.3) is 0 Å². The normalized spacial score (nSPS) is 31.1. The molecular weight excluding hydrogens is 220 g/mol. The van der Waals surface area contributed by atoms with Gasteiger partial charge in [-0.25, -0.2) is 4.79 Å². The number of likely N-dealkylation sites (tertiary alicyclic amines) is 1. The van der Waals surface area contributed by atoms with Gasteiger partial charge in [-0.05, 0) is 33.1 Å². The number of nitrogens with one attached hydrogen (secondary N) is 1. The zero-order valence-electron chi connectivity index (χ0n) is 10.6. The van der Waals surface area contributed by atoms with Gasteiger partial charge in [0, 0.05) is 24.2 Å². The van der Waals surface area contributed by atoms with Crippen molar-refractivity contribution in [2.45, 2.75) is 32.8 Å². The SMILES string of the molecule is CC(C)(C)OC(=O)N1CC2CC2(C(=N)CO)C1. The molecule has 1 amide bonds. The number of aliphatic hydroxyl groups excluding tert-OH is 1. The highest BCUT2D eigenvalue weighted by Gasteiger charge is 2.63. The van der Waals surface area contributed by atoms with Gasteiger partial charge in [-0.15, -0.1) is 0 Å². The van der Waals surface area contributed by atoms with Gasteiger partial charge < -0.3 is 20.2 Å². The standard InChI is InChI=1S/C12H20N2O3/c1-11(2,3)17-10(16)14-5-8-4-12(8,7-14)9(13)6-15/h8,13,15H,4-7H2,1-3H3. The van der Waals surface area contributed by atoms with Crippen molar-refractivity contribution in [3.8, 4) is 0 Å². The summed E-state index contributed by atoms with van der Waals surface area (Å²) in [7, 11) is 0. The highest BCUT2D eigenvalue weighted by Crippen LogP contribution is 2.58. The molecule has 0 spiro atoms. The van der Waals surface area contributed by atoms with E-state index in [0.29, 0.717) is 24.7 Å². The molecule has 2 rings (SSSR count). The highest BCUT2D eigenvalue weighted by atomic mass is 16.6. The highest BCUT2D eigenvalue weighted by molar-refractivity contribution is 5.93. The lowest BCUT2D eigenvalue weighted by atomic mass is 10.00. The van der Waals surface area contributed by atoms with Crippen LogP contribution >= 0.6 is 0 Å². The van der Waals surface area contributed by atoms with E-state index in [1.807, 2.05) is 20.8 Å². The Labute approximate surface area is 101 Å². The molecule has 0 bridgehead atoms. The molecule has 2 fully saturated rings. The first-order valence-corrected chi connectivity index (χ1v) is 5.95. The lowest BCUT2D eigenvalue weighted by Gasteiger charge is -2.26. The van der Waals surface area contributed by atoms with E-state index in [9.17, 15) is 4.79 Å². The van der Waals surface area contributed by atoms with Crippen molar-refractivity contribution in [2.24, 2.45) is 11.3 Å². The fraction of sp³-hybridized carbons (Fsp3) is 0.833. The van der Waals surface area contributed by atoms with Crippen LogP contribution < -0.4 is 0 Å². The Morgan fingerprint density at radius 2 is 2.24 bits per heavy atom. The van der Waals surface area contributed by atoms with Crippen molar-refractivity contribution in [2.75, 3.05) is 19.7 Å². The Kier molecular flexibility index (Phi) is 2.69. The molecule has 2 N–H and O–H groups in total. The molecule has 2 aliphatic rings. The molecule has 0 aromatic rings. The van der Waals surface area contributed by atoms with Crippen LogP contribution in [0.2, 0.25) is 0 Å². The van der Waals surface area contributed by atoms with Crippen LogP contribution in [-0.4, -0.2) is 47.1 Å². The van der Waals surface area contributed by atoms with Gasteiger partial charge in [0.1, 0.15) is 5.60 Å². The van der Waals surface area contributed by atoms with Crippen LogP contribution in [0.5, 0.6) is 0 Å². The second-order valence-corrected chi connectivity index (χ2v) is 6.05. The van der Waals surface area contributed by atoms with E-state index < -0.39 is 5.60 Å². The summed E-state index contributed by atoms with van der Waals surface area (Å²) < 4.78 is 5.30. The van der Waals surface area contributed by atoms with Gasteiger partial charge in [0.25, 0.3) is 0 Å². The van der Waals surface area contributed by atoms with Gasteiger partial charge in [-0.3, -0.25) is 0 Å². The number of piperidine rings is 1. The average molecular weight is 240 g/mol. The minimum Gasteiger partial charge on any atom is -0.444 e. The largest absolute Gasteiger partial charge is 0.444 e. The predicted molar refractivity (Wildman–Crippen MR) is 63.2 cm³/mol. The van der Waals surface area contributed by atoms with E-state index in [4.69, 9.17) is 15.3 Å². The van der Waals surface area contributed by atoms with E-state index in [1.165, 1.54) is 0 Å². The second kappa shape index (κ2) is 3.70. The third kappa shape index (κ3) is 2.16. The summed E-state index contributed by atoms with van der Waals surface area (Å²) in [5.74, 6) is 0.342. The Hall–Kier alpha value is -1.10. The number of amides is 1. The molecule has 0 radical (unpaired) electrons. The third-order valence-corrected chi connectivity index (χ3v) is 3.56. The molecule has 5 nitrogen and oxygen atoms in total. The number of rotatable bonds is 2. The number of aliphatic hydroxyl groups is 1. The van der Waals surface area contributed by atoms with E-state index in [1.54, 1.807) is 4.90 Å². The number of carbonyl (C=O) groups is 1. The molecule has 1 saturated heterocycles. The van der Waals surface area contributed by atoms with Crippen LogP contribution in [0.4, 0.5) is 4.79 Å². The summed E-state index contributed by atoms with van der Waals surface area (Å²) in [5.41, 5.74) is -0.374. The smallest absolute Gasteiger partial charge is 0.410 e. The zero-order valence-corrected chi connectivity index (χ0v) is 10.6. The van der Waals surface area contributed by atoms with E-state index >= 15 is 0 Å². The van der Waals surface area contributed by atoms with Crippen LogP contribution in [0.1, 0.15) is 27.2 Å². The van der Waals surface area contributed by atoms with Crippen molar-refractivity contribution < 1.29 is 14.6 Å². The van der Waals surface area contributed by atoms with E-state index in [0.717, 1.165) is 6.42 Å². The van der Waals surface area contributed by atoms with Crippen LogP contribution in [-0.2, 0) is 4.74 Å². The summed E-state index contributed by atoms with van der Waals surface area (Å²) in [6.07, 6.45) is 0.612. The molecule has 5 heteroatoms. The number of fused-ring (bicyclic) bond motifs is 1. The maximum absolute atomic E-state index is 11.9. The summed E-state index contributed by atoms with van der Waals surface area (Å²) in [6, 6.07) is 0. The lowest BCUT2D eigenvalue weighted by molar-refractivity contribution is 0.0269. The maximum Gasteiger partial charge on any atom is 0.410 e. The number of carbonyl (C=O) groups excluding carboxylic acids is 1. The van der Waals surface area contributed by atoms with Crippen LogP contribution in [0, 0.1) is 16.7 Å². The van der Waals surface area contributed by atoms with Gasteiger partial charge >= 0.3 is 6.09 Å². The predicted octanol–water partition coefficient (Wildman–Crippen LogP) is 1.26. The molecular formula is C12H20N2O3. The van der Waals surface area contributed by atoms with Crippen molar-refractivity contribution in [1.29, 1.82) is 5.41 Å². The molecule has 17 heavy (non-hydrogen) atoms. The summed E-state index contributed by atoms with van der Waals surface area (Å²) in [5, 5.41) is 16.8. The third-order valence-electron chi connectivity index (χ3n) is 3.56. The topological polar surface area (TPSA) is 73.6 Å². The average Bonchev–Trinajstić information content (AvgIpc) is 2.78. The van der Waals surface area contributed by atoms with Gasteiger partial charge in [-0.1, -0.05) is 0 Å². The maximum atomic E-state index is 11.9. The van der Waals surface area contributed by atoms with Gasteiger partial charge in [-0.2, -0.15) is 0 Å². The zero-order chi connectivity index (χ0) is 12.8. The first kappa shape index (κ1) is 12.4. The van der Waals surface area contributed by atoms with Gasteiger partial charge in [0.2, 0.25) is 0 Å². The van der Waals surface area contributed by atoms with Crippen LogP contribution in [0.3, 0.4) is 0 Å². The number of ether oxygens (including phenoxy) is 1. The minimum atomic E-state index is -0.485. The Balaban J connectivity index is 1.96. The molecule has 0 aromatic heterocycles. The van der Waals surface area contributed by atoms with Crippen molar-refractivity contribution in [3.05, 3.63) is 0 Å². The van der Waals surface area contributed by atoms with E-state index in [-0.39, 0.29) is 18.1 Å². The quantitative estimate of drug-likeness (QED) is 0.713. The van der Waals surface area contributed by atoms with Gasteiger partial charge in [0.05, 0.1) is 6.61 Å². The van der Waals surface area contributed by atoms with Crippen molar-refractivity contribution in [3.63, 3.8) is 0 Å². The van der Waals surface area contributed by atoms with Crippen molar-refractivity contribution in [1.82, 2.24) is 4.90 Å². The fourth-order valence-electron chi connectivity index (χ4n) is 2.57. The Morgan fingerprint density at radius 1 is 1.59 bits per heavy atom. The Morgan fingerprint density at radius 3 is 2.76 bits per heavy atom. The second-order valence-electron chi connectivity index (χ2n) is 6.05.